The van der Waals surface area contributed by atoms with E-state index in [0.29, 0.717) is 6.42 Å². The molecule has 23 heavy (non-hydrogen) atoms. The lowest BCUT2D eigenvalue weighted by Gasteiger charge is -2.15. The minimum atomic E-state index is -0.0253. The molecule has 2 aromatic carbocycles. The van der Waals surface area contributed by atoms with Gasteiger partial charge in [0.25, 0.3) is 0 Å². The summed E-state index contributed by atoms with van der Waals surface area (Å²) in [6.45, 7) is 1.52. The third-order valence-electron chi connectivity index (χ3n) is 3.72. The summed E-state index contributed by atoms with van der Waals surface area (Å²) in [5.74, 6) is -0.0173. The van der Waals surface area contributed by atoms with Crippen molar-refractivity contribution in [3.8, 4) is 0 Å². The monoisotopic (exact) mass is 310 g/mol. The van der Waals surface area contributed by atoms with E-state index in [0.717, 1.165) is 24.2 Å². The molecule has 0 unspecified atom stereocenters. The van der Waals surface area contributed by atoms with Crippen LogP contribution in [0, 0.1) is 0 Å². The highest BCUT2D eigenvalue weighted by Gasteiger charge is 2.06. The molecular formula is C19H22N2O2. The summed E-state index contributed by atoms with van der Waals surface area (Å²) in [5, 5.41) is 2.88. The highest BCUT2D eigenvalue weighted by atomic mass is 16.2. The van der Waals surface area contributed by atoms with Crippen molar-refractivity contribution in [3.63, 3.8) is 0 Å². The summed E-state index contributed by atoms with van der Waals surface area (Å²) < 4.78 is 0. The number of nitrogens with zero attached hydrogens (tertiary/aromatic N) is 1. The second kappa shape index (κ2) is 8.13. The lowest BCUT2D eigenvalue weighted by atomic mass is 10.1. The van der Waals surface area contributed by atoms with E-state index >= 15 is 0 Å². The molecule has 0 aromatic heterocycles. The Balaban J connectivity index is 1.80. The summed E-state index contributed by atoms with van der Waals surface area (Å²) in [5.41, 5.74) is 2.80. The molecule has 0 aliphatic carbocycles. The molecule has 0 spiro atoms. The number of hydrogen-bond donors (Lipinski definition) is 1. The van der Waals surface area contributed by atoms with Crippen LogP contribution in [0.1, 0.15) is 25.3 Å². The maximum absolute atomic E-state index is 12.0. The van der Waals surface area contributed by atoms with Gasteiger partial charge in [-0.25, -0.2) is 0 Å². The number of anilines is 2. The van der Waals surface area contributed by atoms with Crippen molar-refractivity contribution >= 4 is 23.2 Å². The lowest BCUT2D eigenvalue weighted by molar-refractivity contribution is -0.117. The number of nitrogens with one attached hydrogen (secondary N) is 1. The number of hydrogen-bond acceptors (Lipinski definition) is 2. The van der Waals surface area contributed by atoms with E-state index in [9.17, 15) is 9.59 Å². The van der Waals surface area contributed by atoms with Crippen molar-refractivity contribution in [1.29, 1.82) is 0 Å². The molecule has 0 atom stereocenters. The maximum atomic E-state index is 12.0. The minimum absolute atomic E-state index is 0.00797. The number of carbonyl (C=O) groups excluding carboxylic acids is 2. The summed E-state index contributed by atoms with van der Waals surface area (Å²) in [4.78, 5) is 24.8. The average molecular weight is 310 g/mol. The molecule has 120 valence electrons. The first-order chi connectivity index (χ1) is 11.1. The van der Waals surface area contributed by atoms with Crippen molar-refractivity contribution < 1.29 is 9.59 Å². The molecule has 2 aromatic rings. The number of carbonyl (C=O) groups is 2. The van der Waals surface area contributed by atoms with Crippen LogP contribution in [0.3, 0.4) is 0 Å². The van der Waals surface area contributed by atoms with Crippen molar-refractivity contribution in [2.45, 2.75) is 26.2 Å². The molecule has 0 aliphatic heterocycles. The number of benzene rings is 2. The first-order valence-electron chi connectivity index (χ1n) is 7.74. The summed E-state index contributed by atoms with van der Waals surface area (Å²) in [7, 11) is 1.72. The highest BCUT2D eigenvalue weighted by Crippen LogP contribution is 2.17. The van der Waals surface area contributed by atoms with Gasteiger partial charge in [-0.3, -0.25) is 9.59 Å². The Morgan fingerprint density at radius 1 is 1.00 bits per heavy atom. The molecule has 4 heteroatoms. The van der Waals surface area contributed by atoms with Gasteiger partial charge in [0.1, 0.15) is 0 Å². The van der Waals surface area contributed by atoms with Crippen molar-refractivity contribution in [1.82, 2.24) is 0 Å². The largest absolute Gasteiger partial charge is 0.326 e. The van der Waals surface area contributed by atoms with Crippen molar-refractivity contribution in [2.75, 3.05) is 17.3 Å². The number of aryl methyl sites for hydroxylation is 1. The topological polar surface area (TPSA) is 49.4 Å². The predicted molar refractivity (Wildman–Crippen MR) is 93.5 cm³/mol. The molecule has 0 radical (unpaired) electrons. The van der Waals surface area contributed by atoms with E-state index in [-0.39, 0.29) is 11.8 Å². The van der Waals surface area contributed by atoms with Gasteiger partial charge < -0.3 is 10.2 Å². The SMILES string of the molecule is CC(=O)N(C)c1ccc(NC(=O)CCCc2ccccc2)cc1. The molecule has 0 saturated carbocycles. The molecule has 0 fully saturated rings. The molecule has 0 aliphatic rings. The summed E-state index contributed by atoms with van der Waals surface area (Å²) >= 11 is 0. The Kier molecular flexibility index (Phi) is 5.92. The van der Waals surface area contributed by atoms with Crippen LogP contribution in [-0.2, 0) is 16.0 Å². The fourth-order valence-electron chi connectivity index (χ4n) is 2.27. The predicted octanol–water partition coefficient (Wildman–Crippen LogP) is 3.63. The highest BCUT2D eigenvalue weighted by molar-refractivity contribution is 5.93. The third-order valence-corrected chi connectivity index (χ3v) is 3.72. The second-order valence-corrected chi connectivity index (χ2v) is 5.51. The van der Waals surface area contributed by atoms with Crippen molar-refractivity contribution in [3.05, 3.63) is 60.2 Å². The normalized spacial score (nSPS) is 10.2. The second-order valence-electron chi connectivity index (χ2n) is 5.51. The van der Waals surface area contributed by atoms with Crippen LogP contribution in [0.25, 0.3) is 0 Å². The molecule has 2 rings (SSSR count). The maximum Gasteiger partial charge on any atom is 0.224 e. The van der Waals surface area contributed by atoms with Gasteiger partial charge in [0.2, 0.25) is 11.8 Å². The molecule has 1 N–H and O–H groups in total. The summed E-state index contributed by atoms with van der Waals surface area (Å²) in [6, 6.07) is 17.4. The Morgan fingerprint density at radius 3 is 2.26 bits per heavy atom. The Hall–Kier alpha value is -2.62. The molecule has 2 amide bonds. The Bertz CT molecular complexity index is 651. The zero-order valence-electron chi connectivity index (χ0n) is 13.6. The number of rotatable bonds is 6. The Labute approximate surface area is 137 Å². The van der Waals surface area contributed by atoms with Gasteiger partial charge in [-0.1, -0.05) is 30.3 Å². The van der Waals surface area contributed by atoms with Gasteiger partial charge >= 0.3 is 0 Å². The zero-order chi connectivity index (χ0) is 16.7. The van der Waals surface area contributed by atoms with Crippen LogP contribution in [0.2, 0.25) is 0 Å². The molecule has 0 heterocycles. The summed E-state index contributed by atoms with van der Waals surface area (Å²) in [6.07, 6.45) is 2.21. The zero-order valence-corrected chi connectivity index (χ0v) is 13.6. The van der Waals surface area contributed by atoms with Crippen LogP contribution < -0.4 is 10.2 Å². The van der Waals surface area contributed by atoms with Crippen LogP contribution in [-0.4, -0.2) is 18.9 Å². The van der Waals surface area contributed by atoms with Gasteiger partial charge in [-0.05, 0) is 42.7 Å². The minimum Gasteiger partial charge on any atom is -0.326 e. The fraction of sp³-hybridized carbons (Fsp3) is 0.263. The molecule has 0 saturated heterocycles. The first-order valence-corrected chi connectivity index (χ1v) is 7.74. The van der Waals surface area contributed by atoms with Gasteiger partial charge in [-0.2, -0.15) is 0 Å². The quantitative estimate of drug-likeness (QED) is 0.885. The Morgan fingerprint density at radius 2 is 1.65 bits per heavy atom. The van der Waals surface area contributed by atoms with Crippen LogP contribution >= 0.6 is 0 Å². The van der Waals surface area contributed by atoms with Gasteiger partial charge in [-0.15, -0.1) is 0 Å². The fourth-order valence-corrected chi connectivity index (χ4v) is 2.27. The van der Waals surface area contributed by atoms with E-state index in [4.69, 9.17) is 0 Å². The molecular weight excluding hydrogens is 288 g/mol. The van der Waals surface area contributed by atoms with Crippen molar-refractivity contribution in [2.24, 2.45) is 0 Å². The van der Waals surface area contributed by atoms with E-state index in [1.54, 1.807) is 11.9 Å². The van der Waals surface area contributed by atoms with Crippen LogP contribution in [0.4, 0.5) is 11.4 Å². The van der Waals surface area contributed by atoms with Gasteiger partial charge in [0.05, 0.1) is 0 Å². The van der Waals surface area contributed by atoms with E-state index < -0.39 is 0 Å². The van der Waals surface area contributed by atoms with Crippen LogP contribution in [0.5, 0.6) is 0 Å². The number of amides is 2. The third kappa shape index (κ3) is 5.25. The lowest BCUT2D eigenvalue weighted by Crippen LogP contribution is -2.22. The van der Waals surface area contributed by atoms with E-state index in [1.807, 2.05) is 42.5 Å². The standard InChI is InChI=1S/C19H22N2O2/c1-15(22)21(2)18-13-11-17(12-14-18)20-19(23)10-6-9-16-7-4-3-5-8-16/h3-5,7-8,11-14H,6,9-10H2,1-2H3,(H,20,23). The first kappa shape index (κ1) is 16.7. The molecule has 0 bridgehead atoms. The smallest absolute Gasteiger partial charge is 0.224 e. The molecule has 4 nitrogen and oxygen atoms in total. The van der Waals surface area contributed by atoms with Crippen LogP contribution in [0.15, 0.2) is 54.6 Å². The van der Waals surface area contributed by atoms with E-state index in [1.165, 1.54) is 12.5 Å². The van der Waals surface area contributed by atoms with E-state index in [2.05, 4.69) is 17.4 Å². The van der Waals surface area contributed by atoms with Gasteiger partial charge in [0.15, 0.2) is 0 Å². The van der Waals surface area contributed by atoms with Gasteiger partial charge in [0, 0.05) is 31.8 Å². The average Bonchev–Trinajstić information content (AvgIpc) is 2.56.